The predicted molar refractivity (Wildman–Crippen MR) is 129 cm³/mol. The minimum Gasteiger partial charge on any atom is -0.481 e. The molecule has 0 spiro atoms. The summed E-state index contributed by atoms with van der Waals surface area (Å²) in [5.74, 6) is 0.593. The first-order chi connectivity index (χ1) is 15.8. The lowest BCUT2D eigenvalue weighted by Crippen LogP contribution is -2.11. The minimum atomic E-state index is -0.844. The van der Waals surface area contributed by atoms with Gasteiger partial charge in [0.15, 0.2) is 5.82 Å². The van der Waals surface area contributed by atoms with Crippen molar-refractivity contribution in [2.24, 2.45) is 4.99 Å². The lowest BCUT2D eigenvalue weighted by atomic mass is 9.99. The number of carboxylic acid groups (broad SMARTS) is 1. The molecule has 0 amide bonds. The Morgan fingerprint density at radius 2 is 1.79 bits per heavy atom. The lowest BCUT2D eigenvalue weighted by Gasteiger charge is -2.12. The molecule has 0 aliphatic carbocycles. The van der Waals surface area contributed by atoms with Crippen molar-refractivity contribution in [3.63, 3.8) is 0 Å². The van der Waals surface area contributed by atoms with Crippen LogP contribution in [-0.2, 0) is 9.59 Å². The van der Waals surface area contributed by atoms with Gasteiger partial charge in [-0.1, -0.05) is 23.7 Å². The van der Waals surface area contributed by atoms with Gasteiger partial charge >= 0.3 is 5.97 Å². The fraction of sp³-hybridized carbons (Fsp3) is 0.375. The lowest BCUT2D eigenvalue weighted by molar-refractivity contribution is -0.137. The van der Waals surface area contributed by atoms with Crippen LogP contribution in [0.1, 0.15) is 71.4 Å². The van der Waals surface area contributed by atoms with Gasteiger partial charge in [0.25, 0.3) is 0 Å². The van der Waals surface area contributed by atoms with Crippen molar-refractivity contribution in [1.29, 1.82) is 0 Å². The Labute approximate surface area is 201 Å². The summed E-state index contributed by atoms with van der Waals surface area (Å²) in [5, 5.41) is 19.2. The van der Waals surface area contributed by atoms with Crippen molar-refractivity contribution in [3.05, 3.63) is 62.5 Å². The molecule has 0 radical (unpaired) electrons. The second-order valence-corrected chi connectivity index (χ2v) is 9.89. The van der Waals surface area contributed by atoms with Gasteiger partial charge in [0.2, 0.25) is 0 Å². The van der Waals surface area contributed by atoms with E-state index >= 15 is 0 Å². The van der Waals surface area contributed by atoms with E-state index in [0.29, 0.717) is 30.1 Å². The van der Waals surface area contributed by atoms with E-state index in [1.165, 1.54) is 4.88 Å². The van der Waals surface area contributed by atoms with Crippen LogP contribution in [-0.4, -0.2) is 37.3 Å². The third-order valence-electron chi connectivity index (χ3n) is 5.87. The molecule has 0 fully saturated rings. The number of unbranched alkanes of at least 4 members (excludes halogenated alkanes) is 1. The van der Waals surface area contributed by atoms with Crippen LogP contribution >= 0.6 is 22.9 Å². The standard InChI is InChI=1S/C24H25ClN4O3S/c1-13-14(2)33-24-21(13)22(16-8-10-17(25)11-9-16)26-19(23-28-27-15(3)29(23)24)12-18(30)6-4-5-7-20(31)32/h8-11,19H,4-7,12H2,1-3H3,(H,31,32)/t19-/m0/s1. The summed E-state index contributed by atoms with van der Waals surface area (Å²) in [6.07, 6.45) is 1.61. The molecule has 1 atom stereocenters. The van der Waals surface area contributed by atoms with Crippen LogP contribution in [0, 0.1) is 20.8 Å². The van der Waals surface area contributed by atoms with Crippen LogP contribution in [0.4, 0.5) is 0 Å². The van der Waals surface area contributed by atoms with Gasteiger partial charge in [-0.15, -0.1) is 21.5 Å². The number of hydrogen-bond donors (Lipinski definition) is 1. The molecule has 3 heterocycles. The molecule has 3 aromatic rings. The first-order valence-electron chi connectivity index (χ1n) is 10.9. The molecule has 1 N–H and O–H groups in total. The molecular formula is C24H25ClN4O3S. The maximum absolute atomic E-state index is 12.8. The Balaban J connectivity index is 1.75. The summed E-state index contributed by atoms with van der Waals surface area (Å²) in [7, 11) is 0. The van der Waals surface area contributed by atoms with Crippen LogP contribution in [0.2, 0.25) is 5.02 Å². The monoisotopic (exact) mass is 484 g/mol. The van der Waals surface area contributed by atoms with Gasteiger partial charge in [0, 0.05) is 40.3 Å². The van der Waals surface area contributed by atoms with Crippen LogP contribution in [0.3, 0.4) is 0 Å². The molecule has 1 aliphatic heterocycles. The van der Waals surface area contributed by atoms with Gasteiger partial charge in [0.05, 0.1) is 5.71 Å². The van der Waals surface area contributed by atoms with Gasteiger partial charge in [-0.05, 0) is 51.3 Å². The molecule has 172 valence electrons. The normalized spacial score (nSPS) is 14.9. The summed E-state index contributed by atoms with van der Waals surface area (Å²) in [4.78, 5) is 29.8. The zero-order valence-electron chi connectivity index (χ0n) is 18.8. The third-order valence-corrected chi connectivity index (χ3v) is 7.32. The zero-order chi connectivity index (χ0) is 23.7. The smallest absolute Gasteiger partial charge is 0.303 e. The molecule has 0 saturated carbocycles. The van der Waals surface area contributed by atoms with Crippen molar-refractivity contribution in [1.82, 2.24) is 14.8 Å². The third kappa shape index (κ3) is 4.77. The highest BCUT2D eigenvalue weighted by Crippen LogP contribution is 2.39. The van der Waals surface area contributed by atoms with Crippen molar-refractivity contribution in [2.45, 2.75) is 58.9 Å². The van der Waals surface area contributed by atoms with Gasteiger partial charge in [-0.3, -0.25) is 19.1 Å². The summed E-state index contributed by atoms with van der Waals surface area (Å²) in [6.45, 7) is 6.08. The highest BCUT2D eigenvalue weighted by Gasteiger charge is 2.32. The van der Waals surface area contributed by atoms with E-state index in [0.717, 1.165) is 33.2 Å². The highest BCUT2D eigenvalue weighted by atomic mass is 35.5. The van der Waals surface area contributed by atoms with Gasteiger partial charge in [-0.25, -0.2) is 0 Å². The van der Waals surface area contributed by atoms with Crippen LogP contribution < -0.4 is 0 Å². The number of carbonyl (C=O) groups excluding carboxylic acids is 1. The molecule has 0 bridgehead atoms. The number of aliphatic imine (C=N–C) groups is 1. The number of hydrogen-bond acceptors (Lipinski definition) is 6. The molecule has 7 nitrogen and oxygen atoms in total. The van der Waals surface area contributed by atoms with Gasteiger partial charge in [-0.2, -0.15) is 0 Å². The fourth-order valence-corrected chi connectivity index (χ4v) is 5.39. The van der Waals surface area contributed by atoms with Gasteiger partial charge in [0.1, 0.15) is 22.7 Å². The largest absolute Gasteiger partial charge is 0.481 e. The molecule has 9 heteroatoms. The van der Waals surface area contributed by atoms with E-state index in [2.05, 4.69) is 24.0 Å². The number of rotatable bonds is 8. The number of thiophene rings is 1. The summed E-state index contributed by atoms with van der Waals surface area (Å²) in [5.41, 5.74) is 3.91. The molecule has 0 unspecified atom stereocenters. The highest BCUT2D eigenvalue weighted by molar-refractivity contribution is 7.15. The minimum absolute atomic E-state index is 0.0370. The Morgan fingerprint density at radius 3 is 2.48 bits per heavy atom. The van der Waals surface area contributed by atoms with E-state index < -0.39 is 12.0 Å². The average Bonchev–Trinajstić information content (AvgIpc) is 3.24. The number of benzene rings is 1. The number of fused-ring (bicyclic) bond motifs is 3. The van der Waals surface area contributed by atoms with Crippen molar-refractivity contribution >= 4 is 40.4 Å². The number of carboxylic acids is 1. The molecule has 0 saturated heterocycles. The van der Waals surface area contributed by atoms with E-state index in [1.54, 1.807) is 11.3 Å². The Kier molecular flexibility index (Phi) is 6.76. The van der Waals surface area contributed by atoms with Crippen molar-refractivity contribution in [3.8, 4) is 5.00 Å². The Hall–Kier alpha value is -2.84. The number of halogens is 1. The second kappa shape index (κ2) is 9.57. The predicted octanol–water partition coefficient (Wildman–Crippen LogP) is 5.40. The maximum Gasteiger partial charge on any atom is 0.303 e. The van der Waals surface area contributed by atoms with Gasteiger partial charge < -0.3 is 5.11 Å². The number of aromatic nitrogens is 3. The Morgan fingerprint density at radius 1 is 1.09 bits per heavy atom. The van der Waals surface area contributed by atoms with Crippen LogP contribution in [0.5, 0.6) is 0 Å². The molecule has 1 aromatic carbocycles. The molecule has 33 heavy (non-hydrogen) atoms. The quantitative estimate of drug-likeness (QED) is 0.431. The number of nitrogens with zero attached hydrogens (tertiary/aromatic N) is 4. The number of aryl methyl sites for hydroxylation is 2. The van der Waals surface area contributed by atoms with E-state index in [9.17, 15) is 9.59 Å². The Bertz CT molecular complexity index is 1240. The number of carbonyl (C=O) groups is 2. The van der Waals surface area contributed by atoms with E-state index in [1.807, 2.05) is 35.8 Å². The summed E-state index contributed by atoms with van der Waals surface area (Å²) >= 11 is 7.80. The first kappa shape index (κ1) is 23.3. The van der Waals surface area contributed by atoms with Crippen LogP contribution in [0.15, 0.2) is 29.3 Å². The number of ketones is 1. The fourth-order valence-electron chi connectivity index (χ4n) is 4.05. The number of aliphatic carboxylic acids is 1. The van der Waals surface area contributed by atoms with Crippen LogP contribution in [0.25, 0.3) is 5.00 Å². The summed E-state index contributed by atoms with van der Waals surface area (Å²) < 4.78 is 2.02. The van der Waals surface area contributed by atoms with Crippen molar-refractivity contribution in [2.75, 3.05) is 0 Å². The number of Topliss-reactive ketones (excluding diaryl/α,β-unsaturated/α-hetero) is 1. The average molecular weight is 485 g/mol. The topological polar surface area (TPSA) is 97.4 Å². The SMILES string of the molecule is Cc1sc2c(c1C)C(c1ccc(Cl)cc1)=N[C@@H](CC(=O)CCCCC(=O)O)c1nnc(C)n1-2. The molecule has 1 aliphatic rings. The second-order valence-electron chi connectivity index (χ2n) is 8.25. The van der Waals surface area contributed by atoms with E-state index in [4.69, 9.17) is 21.7 Å². The van der Waals surface area contributed by atoms with Crippen molar-refractivity contribution < 1.29 is 14.7 Å². The van der Waals surface area contributed by atoms with E-state index in [-0.39, 0.29) is 18.6 Å². The maximum atomic E-state index is 12.8. The zero-order valence-corrected chi connectivity index (χ0v) is 20.3. The molecule has 2 aromatic heterocycles. The molecule has 4 rings (SSSR count). The summed E-state index contributed by atoms with van der Waals surface area (Å²) in [6, 6.07) is 7.09. The first-order valence-corrected chi connectivity index (χ1v) is 12.1. The molecular weight excluding hydrogens is 460 g/mol.